The van der Waals surface area contributed by atoms with E-state index in [0.29, 0.717) is 21.9 Å². The predicted octanol–water partition coefficient (Wildman–Crippen LogP) is 3.50. The zero-order valence-corrected chi connectivity index (χ0v) is 13.3. The average molecular weight is 331 g/mol. The van der Waals surface area contributed by atoms with Crippen molar-refractivity contribution in [3.05, 3.63) is 64.7 Å². The van der Waals surface area contributed by atoms with Gasteiger partial charge >= 0.3 is 11.9 Å². The van der Waals surface area contributed by atoms with Crippen molar-refractivity contribution in [1.82, 2.24) is 0 Å². The average Bonchev–Trinajstić information content (AvgIpc) is 2.81. The van der Waals surface area contributed by atoms with Crippen molar-refractivity contribution in [2.24, 2.45) is 0 Å². The molecule has 1 heterocycles. The van der Waals surface area contributed by atoms with Crippen molar-refractivity contribution in [3.63, 3.8) is 0 Å². The lowest BCUT2D eigenvalue weighted by Gasteiger charge is -2.25. The Bertz CT molecular complexity index is 757. The molecular formula is C18H15ClO4. The highest BCUT2D eigenvalue weighted by molar-refractivity contribution is 6.30. The van der Waals surface area contributed by atoms with Crippen molar-refractivity contribution in [2.75, 3.05) is 6.61 Å². The molecule has 0 fully saturated rings. The first-order valence-corrected chi connectivity index (χ1v) is 7.69. The molecular weight excluding hydrogens is 316 g/mol. The van der Waals surface area contributed by atoms with Gasteiger partial charge in [-0.2, -0.15) is 0 Å². The minimum absolute atomic E-state index is 0.128. The zero-order chi connectivity index (χ0) is 16.4. The van der Waals surface area contributed by atoms with E-state index in [-0.39, 0.29) is 13.0 Å². The second-order valence-electron chi connectivity index (χ2n) is 5.28. The van der Waals surface area contributed by atoms with Crippen LogP contribution in [-0.2, 0) is 19.7 Å². The van der Waals surface area contributed by atoms with Gasteiger partial charge in [0.05, 0.1) is 13.0 Å². The smallest absolute Gasteiger partial charge is 0.327 e. The molecule has 0 amide bonds. The quantitative estimate of drug-likeness (QED) is 0.636. The van der Waals surface area contributed by atoms with Crippen LogP contribution in [0.3, 0.4) is 0 Å². The minimum Gasteiger partial charge on any atom is -0.466 e. The summed E-state index contributed by atoms with van der Waals surface area (Å²) < 4.78 is 10.5. The van der Waals surface area contributed by atoms with E-state index in [9.17, 15) is 9.59 Å². The fourth-order valence-corrected chi connectivity index (χ4v) is 3.09. The fraction of sp³-hybridized carbons (Fsp3) is 0.222. The monoisotopic (exact) mass is 330 g/mol. The third-order valence-electron chi connectivity index (χ3n) is 3.93. The number of halogens is 1. The number of hydrogen-bond donors (Lipinski definition) is 0. The van der Waals surface area contributed by atoms with Crippen LogP contribution in [0.25, 0.3) is 0 Å². The molecule has 118 valence electrons. The first-order valence-electron chi connectivity index (χ1n) is 7.31. The molecule has 0 aromatic heterocycles. The van der Waals surface area contributed by atoms with E-state index < -0.39 is 17.4 Å². The zero-order valence-electron chi connectivity index (χ0n) is 12.5. The van der Waals surface area contributed by atoms with Gasteiger partial charge in [0.2, 0.25) is 0 Å². The summed E-state index contributed by atoms with van der Waals surface area (Å²) in [6.07, 6.45) is -0.128. The molecule has 1 unspecified atom stereocenters. The standard InChI is InChI=1S/C18H15ClO4/c1-2-22-16(20)11-18(12-6-4-3-5-7-12)14-10-13(19)8-9-15(14)23-17(18)21/h3-10H,2,11H2,1H3. The maximum atomic E-state index is 12.7. The number of hydrogen-bond acceptors (Lipinski definition) is 4. The van der Waals surface area contributed by atoms with Gasteiger partial charge in [0.1, 0.15) is 11.2 Å². The summed E-state index contributed by atoms with van der Waals surface area (Å²) in [5.74, 6) is -0.525. The molecule has 0 saturated carbocycles. The Morgan fingerprint density at radius 1 is 1.22 bits per heavy atom. The molecule has 1 atom stereocenters. The molecule has 0 bridgehead atoms. The third-order valence-corrected chi connectivity index (χ3v) is 4.17. The number of carbonyl (C=O) groups is 2. The maximum absolute atomic E-state index is 12.7. The van der Waals surface area contributed by atoms with Gasteiger partial charge < -0.3 is 9.47 Å². The largest absolute Gasteiger partial charge is 0.466 e. The second-order valence-corrected chi connectivity index (χ2v) is 5.72. The highest BCUT2D eigenvalue weighted by atomic mass is 35.5. The highest BCUT2D eigenvalue weighted by Gasteiger charge is 2.52. The number of rotatable bonds is 4. The molecule has 23 heavy (non-hydrogen) atoms. The number of benzene rings is 2. The fourth-order valence-electron chi connectivity index (χ4n) is 2.92. The van der Waals surface area contributed by atoms with Crippen LogP contribution in [0.4, 0.5) is 0 Å². The van der Waals surface area contributed by atoms with Crippen LogP contribution >= 0.6 is 11.6 Å². The molecule has 3 rings (SSSR count). The molecule has 5 heteroatoms. The lowest BCUT2D eigenvalue weighted by molar-refractivity contribution is -0.149. The Labute approximate surface area is 139 Å². The normalized spacial score (nSPS) is 19.1. The first-order chi connectivity index (χ1) is 11.1. The van der Waals surface area contributed by atoms with E-state index >= 15 is 0 Å². The van der Waals surface area contributed by atoms with E-state index in [2.05, 4.69) is 0 Å². The lowest BCUT2D eigenvalue weighted by atomic mass is 9.73. The van der Waals surface area contributed by atoms with Crippen LogP contribution in [0.1, 0.15) is 24.5 Å². The molecule has 1 aliphatic heterocycles. The summed E-state index contributed by atoms with van der Waals surface area (Å²) in [5, 5.41) is 0.478. The van der Waals surface area contributed by atoms with Crippen molar-refractivity contribution in [2.45, 2.75) is 18.8 Å². The van der Waals surface area contributed by atoms with Crippen LogP contribution < -0.4 is 4.74 Å². The summed E-state index contributed by atoms with van der Waals surface area (Å²) in [5.41, 5.74) is 0.0432. The summed E-state index contributed by atoms with van der Waals surface area (Å²) in [7, 11) is 0. The van der Waals surface area contributed by atoms with Crippen LogP contribution in [-0.4, -0.2) is 18.5 Å². The molecule has 0 spiro atoms. The van der Waals surface area contributed by atoms with E-state index in [1.807, 2.05) is 18.2 Å². The van der Waals surface area contributed by atoms with Gasteiger partial charge in [-0.05, 0) is 30.7 Å². The summed E-state index contributed by atoms with van der Waals surface area (Å²) >= 11 is 6.10. The van der Waals surface area contributed by atoms with Crippen LogP contribution in [0, 0.1) is 0 Å². The van der Waals surface area contributed by atoms with E-state index in [4.69, 9.17) is 21.1 Å². The van der Waals surface area contributed by atoms with Gasteiger partial charge in [0.25, 0.3) is 0 Å². The van der Waals surface area contributed by atoms with Gasteiger partial charge in [-0.1, -0.05) is 41.9 Å². The lowest BCUT2D eigenvalue weighted by Crippen LogP contribution is -2.38. The number of ether oxygens (including phenoxy) is 2. The van der Waals surface area contributed by atoms with Gasteiger partial charge in [-0.25, -0.2) is 0 Å². The Kier molecular flexibility index (Phi) is 4.09. The van der Waals surface area contributed by atoms with Gasteiger partial charge in [-0.3, -0.25) is 9.59 Å². The highest BCUT2D eigenvalue weighted by Crippen LogP contribution is 2.47. The maximum Gasteiger partial charge on any atom is 0.327 e. The predicted molar refractivity (Wildman–Crippen MR) is 85.6 cm³/mol. The van der Waals surface area contributed by atoms with E-state index in [1.165, 1.54) is 0 Å². The molecule has 0 aliphatic carbocycles. The third kappa shape index (κ3) is 2.59. The van der Waals surface area contributed by atoms with Gasteiger partial charge in [-0.15, -0.1) is 0 Å². The molecule has 2 aromatic carbocycles. The summed E-state index contributed by atoms with van der Waals surface area (Å²) in [6.45, 7) is 1.98. The Morgan fingerprint density at radius 3 is 2.65 bits per heavy atom. The first kappa shape index (κ1) is 15.6. The SMILES string of the molecule is CCOC(=O)CC1(c2ccccc2)C(=O)Oc2ccc(Cl)cc21. The topological polar surface area (TPSA) is 52.6 Å². The number of carbonyl (C=O) groups excluding carboxylic acids is 2. The van der Waals surface area contributed by atoms with Crippen molar-refractivity contribution < 1.29 is 19.1 Å². The van der Waals surface area contributed by atoms with E-state index in [1.54, 1.807) is 37.3 Å². The molecule has 0 N–H and O–H groups in total. The van der Waals surface area contributed by atoms with Crippen molar-refractivity contribution in [3.8, 4) is 5.75 Å². The Morgan fingerprint density at radius 2 is 1.96 bits per heavy atom. The van der Waals surface area contributed by atoms with Crippen LogP contribution in [0.2, 0.25) is 5.02 Å². The van der Waals surface area contributed by atoms with Crippen LogP contribution in [0.5, 0.6) is 5.75 Å². The van der Waals surface area contributed by atoms with Crippen molar-refractivity contribution >= 4 is 23.5 Å². The second kappa shape index (κ2) is 6.05. The molecule has 2 aromatic rings. The number of fused-ring (bicyclic) bond motifs is 1. The molecule has 0 radical (unpaired) electrons. The Hall–Kier alpha value is -2.33. The van der Waals surface area contributed by atoms with Crippen LogP contribution in [0.15, 0.2) is 48.5 Å². The van der Waals surface area contributed by atoms with Crippen molar-refractivity contribution in [1.29, 1.82) is 0 Å². The molecule has 0 saturated heterocycles. The van der Waals surface area contributed by atoms with E-state index in [0.717, 1.165) is 0 Å². The number of esters is 2. The summed E-state index contributed by atoms with van der Waals surface area (Å²) in [6, 6.07) is 14.1. The molecule has 1 aliphatic rings. The van der Waals surface area contributed by atoms with Gasteiger partial charge in [0.15, 0.2) is 0 Å². The minimum atomic E-state index is -1.23. The Balaban J connectivity index is 2.19. The van der Waals surface area contributed by atoms with Gasteiger partial charge in [0, 0.05) is 10.6 Å². The molecule has 4 nitrogen and oxygen atoms in total. The summed E-state index contributed by atoms with van der Waals surface area (Å²) in [4.78, 5) is 24.9.